The Bertz CT molecular complexity index is 1020. The summed E-state index contributed by atoms with van der Waals surface area (Å²) in [6, 6.07) is 3.48. The highest BCUT2D eigenvalue weighted by Crippen LogP contribution is 2.31. The number of carbonyl (C=O) groups excluding carboxylic acids is 1. The van der Waals surface area contributed by atoms with E-state index in [4.69, 9.17) is 4.74 Å². The van der Waals surface area contributed by atoms with E-state index in [-0.39, 0.29) is 23.1 Å². The summed E-state index contributed by atoms with van der Waals surface area (Å²) in [4.78, 5) is 41.0. The first kappa shape index (κ1) is 18.1. The van der Waals surface area contributed by atoms with Crippen molar-refractivity contribution in [2.45, 2.75) is 25.9 Å². The lowest BCUT2D eigenvalue weighted by Crippen LogP contribution is -2.17. The third-order valence-electron chi connectivity index (χ3n) is 3.74. The molecule has 8 heteroatoms. The number of H-pyrrole nitrogens is 1. The number of thioether (sulfide) groups is 1. The number of hydrogen-bond donors (Lipinski definition) is 1. The second-order valence-corrected chi connectivity index (χ2v) is 6.66. The molecule has 134 valence electrons. The molecule has 0 aromatic carbocycles. The highest BCUT2D eigenvalue weighted by atomic mass is 32.2. The zero-order chi connectivity index (χ0) is 18.7. The van der Waals surface area contributed by atoms with Crippen LogP contribution in [-0.4, -0.2) is 38.3 Å². The van der Waals surface area contributed by atoms with Crippen molar-refractivity contribution in [3.05, 3.63) is 46.1 Å². The second kappa shape index (κ2) is 7.65. The summed E-state index contributed by atoms with van der Waals surface area (Å²) < 4.78 is 5.19. The summed E-state index contributed by atoms with van der Waals surface area (Å²) in [7, 11) is 0. The lowest BCUT2D eigenvalue weighted by atomic mass is 9.97. The van der Waals surface area contributed by atoms with Gasteiger partial charge in [0.25, 0.3) is 5.56 Å². The standard InChI is InChI=1S/C18H18N4O3S/c1-4-25-17(24)12-10(3)20-15-14(13(12)11-6-8-19-9-7-11)16(23)22-18(21-15)26-5-2/h6-9H,4-5H2,1-3H3,(H,20,21,22,23). The number of carbonyl (C=O) groups is 1. The number of pyridine rings is 2. The minimum Gasteiger partial charge on any atom is -0.462 e. The molecule has 3 aromatic heterocycles. The lowest BCUT2D eigenvalue weighted by Gasteiger charge is -2.14. The van der Waals surface area contributed by atoms with Crippen LogP contribution in [0.1, 0.15) is 29.9 Å². The molecule has 0 amide bonds. The van der Waals surface area contributed by atoms with E-state index in [9.17, 15) is 9.59 Å². The fourth-order valence-corrected chi connectivity index (χ4v) is 3.32. The van der Waals surface area contributed by atoms with Crippen molar-refractivity contribution in [2.24, 2.45) is 0 Å². The van der Waals surface area contributed by atoms with Gasteiger partial charge in [-0.05, 0) is 37.3 Å². The van der Waals surface area contributed by atoms with Gasteiger partial charge >= 0.3 is 5.97 Å². The van der Waals surface area contributed by atoms with Gasteiger partial charge in [-0.3, -0.25) is 9.78 Å². The number of esters is 1. The zero-order valence-corrected chi connectivity index (χ0v) is 15.5. The van der Waals surface area contributed by atoms with Crippen molar-refractivity contribution < 1.29 is 9.53 Å². The van der Waals surface area contributed by atoms with E-state index in [0.717, 1.165) is 5.75 Å². The number of rotatable bonds is 5. The summed E-state index contributed by atoms with van der Waals surface area (Å²) in [6.07, 6.45) is 3.21. The molecule has 0 spiro atoms. The maximum absolute atomic E-state index is 12.8. The van der Waals surface area contributed by atoms with Crippen LogP contribution in [0.25, 0.3) is 22.2 Å². The first-order valence-electron chi connectivity index (χ1n) is 8.21. The molecule has 0 radical (unpaired) electrons. The molecule has 3 aromatic rings. The molecule has 7 nitrogen and oxygen atoms in total. The summed E-state index contributed by atoms with van der Waals surface area (Å²) in [5.41, 5.74) is 1.86. The summed E-state index contributed by atoms with van der Waals surface area (Å²) in [5, 5.41) is 0.770. The Morgan fingerprint density at radius 3 is 2.62 bits per heavy atom. The number of fused-ring (bicyclic) bond motifs is 1. The van der Waals surface area contributed by atoms with E-state index in [2.05, 4.69) is 19.9 Å². The van der Waals surface area contributed by atoms with Gasteiger partial charge in [0.15, 0.2) is 10.8 Å². The van der Waals surface area contributed by atoms with Crippen LogP contribution >= 0.6 is 11.8 Å². The monoisotopic (exact) mass is 370 g/mol. The minimum absolute atomic E-state index is 0.229. The molecule has 0 unspecified atom stereocenters. The van der Waals surface area contributed by atoms with Gasteiger partial charge in [0, 0.05) is 18.0 Å². The van der Waals surface area contributed by atoms with Crippen LogP contribution in [0, 0.1) is 6.92 Å². The maximum atomic E-state index is 12.8. The van der Waals surface area contributed by atoms with E-state index in [1.165, 1.54) is 11.8 Å². The Balaban J connectivity index is 2.42. The molecule has 0 saturated heterocycles. The van der Waals surface area contributed by atoms with Crippen molar-refractivity contribution in [1.82, 2.24) is 19.9 Å². The molecule has 0 saturated carbocycles. The Morgan fingerprint density at radius 2 is 1.96 bits per heavy atom. The number of nitrogens with zero attached hydrogens (tertiary/aromatic N) is 3. The smallest absolute Gasteiger partial charge is 0.340 e. The number of ether oxygens (including phenoxy) is 1. The Morgan fingerprint density at radius 1 is 1.23 bits per heavy atom. The number of nitrogens with one attached hydrogen (secondary N) is 1. The second-order valence-electron chi connectivity index (χ2n) is 5.41. The van der Waals surface area contributed by atoms with Crippen LogP contribution in [0.4, 0.5) is 0 Å². The molecular weight excluding hydrogens is 352 g/mol. The van der Waals surface area contributed by atoms with Gasteiger partial charge in [0.05, 0.1) is 23.3 Å². The zero-order valence-electron chi connectivity index (χ0n) is 14.7. The molecule has 0 aliphatic rings. The predicted octanol–water partition coefficient (Wildman–Crippen LogP) is 2.98. The van der Waals surface area contributed by atoms with Crippen LogP contribution in [0.5, 0.6) is 0 Å². The van der Waals surface area contributed by atoms with Crippen LogP contribution in [0.3, 0.4) is 0 Å². The molecule has 1 N–H and O–H groups in total. The van der Waals surface area contributed by atoms with Crippen molar-refractivity contribution >= 4 is 28.8 Å². The number of hydrogen-bond acceptors (Lipinski definition) is 7. The van der Waals surface area contributed by atoms with Gasteiger partial charge in [-0.15, -0.1) is 0 Å². The number of aryl methyl sites for hydroxylation is 1. The van der Waals surface area contributed by atoms with E-state index < -0.39 is 5.97 Å². The largest absolute Gasteiger partial charge is 0.462 e. The van der Waals surface area contributed by atoms with E-state index in [1.807, 2.05) is 6.92 Å². The van der Waals surface area contributed by atoms with Gasteiger partial charge < -0.3 is 9.72 Å². The van der Waals surface area contributed by atoms with Crippen LogP contribution < -0.4 is 5.56 Å². The molecule has 3 heterocycles. The van der Waals surface area contributed by atoms with Crippen LogP contribution in [0.2, 0.25) is 0 Å². The van der Waals surface area contributed by atoms with Crippen LogP contribution in [-0.2, 0) is 4.74 Å². The van der Waals surface area contributed by atoms with Gasteiger partial charge in [-0.2, -0.15) is 0 Å². The third kappa shape index (κ3) is 3.32. The van der Waals surface area contributed by atoms with Crippen molar-refractivity contribution in [3.8, 4) is 11.1 Å². The average molecular weight is 370 g/mol. The third-order valence-corrected chi connectivity index (χ3v) is 4.50. The fraction of sp³-hybridized carbons (Fsp3) is 0.278. The molecule has 26 heavy (non-hydrogen) atoms. The first-order valence-corrected chi connectivity index (χ1v) is 9.20. The molecule has 3 rings (SSSR count). The van der Waals surface area contributed by atoms with Crippen LogP contribution in [0.15, 0.2) is 34.5 Å². The summed E-state index contributed by atoms with van der Waals surface area (Å²) in [5.74, 6) is 0.253. The lowest BCUT2D eigenvalue weighted by molar-refractivity contribution is 0.0526. The summed E-state index contributed by atoms with van der Waals surface area (Å²) in [6.45, 7) is 5.65. The fourth-order valence-electron chi connectivity index (χ4n) is 2.73. The SMILES string of the molecule is CCOC(=O)c1c(C)nc2nc(SCC)[nH]c(=O)c2c1-c1ccncc1. The van der Waals surface area contributed by atoms with E-state index in [1.54, 1.807) is 38.4 Å². The molecule has 0 aliphatic carbocycles. The van der Waals surface area contributed by atoms with E-state index in [0.29, 0.717) is 27.6 Å². The molecule has 0 bridgehead atoms. The molecule has 0 fully saturated rings. The highest BCUT2D eigenvalue weighted by molar-refractivity contribution is 7.99. The average Bonchev–Trinajstić information content (AvgIpc) is 2.61. The minimum atomic E-state index is -0.516. The predicted molar refractivity (Wildman–Crippen MR) is 100 cm³/mol. The number of aromatic amines is 1. The highest BCUT2D eigenvalue weighted by Gasteiger charge is 2.24. The Kier molecular flexibility index (Phi) is 5.32. The van der Waals surface area contributed by atoms with Crippen molar-refractivity contribution in [1.29, 1.82) is 0 Å². The summed E-state index contributed by atoms with van der Waals surface area (Å²) >= 11 is 1.42. The molecule has 0 aliphatic heterocycles. The Hall–Kier alpha value is -2.74. The topological polar surface area (TPSA) is 97.8 Å². The van der Waals surface area contributed by atoms with Crippen molar-refractivity contribution in [2.75, 3.05) is 12.4 Å². The van der Waals surface area contributed by atoms with Gasteiger partial charge in [0.1, 0.15) is 0 Å². The Labute approximate surface area is 154 Å². The maximum Gasteiger partial charge on any atom is 0.340 e. The van der Waals surface area contributed by atoms with Gasteiger partial charge in [0.2, 0.25) is 0 Å². The van der Waals surface area contributed by atoms with Gasteiger partial charge in [-0.25, -0.2) is 14.8 Å². The van der Waals surface area contributed by atoms with Gasteiger partial charge in [-0.1, -0.05) is 18.7 Å². The normalized spacial score (nSPS) is 10.9. The quantitative estimate of drug-likeness (QED) is 0.419. The molecular formula is C18H18N4O3S. The van der Waals surface area contributed by atoms with Crippen molar-refractivity contribution in [3.63, 3.8) is 0 Å². The first-order chi connectivity index (χ1) is 12.6. The molecule has 0 atom stereocenters. The van der Waals surface area contributed by atoms with E-state index >= 15 is 0 Å². The number of aromatic nitrogens is 4.